The summed E-state index contributed by atoms with van der Waals surface area (Å²) in [7, 11) is 0. The smallest absolute Gasteiger partial charge is 0.0300 e. The van der Waals surface area contributed by atoms with Gasteiger partial charge in [0.1, 0.15) is 0 Å². The molecule has 1 aliphatic rings. The van der Waals surface area contributed by atoms with Crippen molar-refractivity contribution in [1.82, 2.24) is 10.3 Å². The highest BCUT2D eigenvalue weighted by Crippen LogP contribution is 2.24. The summed E-state index contributed by atoms with van der Waals surface area (Å²) in [6.07, 6.45) is 10.0. The Bertz CT molecular complexity index is 577. The molecule has 21 heavy (non-hydrogen) atoms. The number of aromatic nitrogens is 1. The van der Waals surface area contributed by atoms with Gasteiger partial charge in [0, 0.05) is 18.4 Å². The van der Waals surface area contributed by atoms with E-state index in [1.165, 1.54) is 36.8 Å². The van der Waals surface area contributed by atoms with E-state index in [-0.39, 0.29) is 0 Å². The second kappa shape index (κ2) is 6.86. The number of aryl methyl sites for hydroxylation is 2. The van der Waals surface area contributed by atoms with Crippen LogP contribution in [0.15, 0.2) is 42.7 Å². The van der Waals surface area contributed by atoms with Crippen molar-refractivity contribution in [2.75, 3.05) is 6.54 Å². The van der Waals surface area contributed by atoms with Gasteiger partial charge in [-0.1, -0.05) is 24.3 Å². The first kappa shape index (κ1) is 14.3. The Balaban J connectivity index is 1.56. The third-order valence-corrected chi connectivity index (χ3v) is 4.46. The zero-order valence-electron chi connectivity index (χ0n) is 12.8. The Morgan fingerprint density at radius 2 is 2.00 bits per heavy atom. The van der Waals surface area contributed by atoms with Crippen molar-refractivity contribution in [3.8, 4) is 0 Å². The van der Waals surface area contributed by atoms with Crippen LogP contribution in [0.5, 0.6) is 0 Å². The maximum Gasteiger partial charge on any atom is 0.0300 e. The van der Waals surface area contributed by atoms with Crippen molar-refractivity contribution >= 4 is 0 Å². The van der Waals surface area contributed by atoms with E-state index in [1.807, 2.05) is 18.5 Å². The standard InChI is InChI=1S/C19H24N2/c1-15(21-12-10-16-5-4-11-20-14-16)18-9-8-17-6-2-3-7-19(17)13-18/h4-5,8-9,11,13-15,21H,2-3,6-7,10,12H2,1H3. The predicted molar refractivity (Wildman–Crippen MR) is 87.4 cm³/mol. The lowest BCUT2D eigenvalue weighted by atomic mass is 9.89. The maximum absolute atomic E-state index is 4.16. The summed E-state index contributed by atoms with van der Waals surface area (Å²) in [6, 6.07) is 11.6. The summed E-state index contributed by atoms with van der Waals surface area (Å²) in [5, 5.41) is 3.63. The van der Waals surface area contributed by atoms with Crippen LogP contribution in [0.2, 0.25) is 0 Å². The molecule has 0 fully saturated rings. The summed E-state index contributed by atoms with van der Waals surface area (Å²) in [5.41, 5.74) is 5.84. The van der Waals surface area contributed by atoms with Crippen LogP contribution in [0.1, 0.15) is 48.1 Å². The van der Waals surface area contributed by atoms with Crippen molar-refractivity contribution in [1.29, 1.82) is 0 Å². The average Bonchev–Trinajstić information content (AvgIpc) is 2.55. The van der Waals surface area contributed by atoms with Crippen molar-refractivity contribution in [3.63, 3.8) is 0 Å². The van der Waals surface area contributed by atoms with Crippen LogP contribution in [0.4, 0.5) is 0 Å². The number of nitrogens with one attached hydrogen (secondary N) is 1. The third-order valence-electron chi connectivity index (χ3n) is 4.46. The molecule has 110 valence electrons. The van der Waals surface area contributed by atoms with Gasteiger partial charge in [0.15, 0.2) is 0 Å². The summed E-state index contributed by atoms with van der Waals surface area (Å²) >= 11 is 0. The van der Waals surface area contributed by atoms with Gasteiger partial charge in [-0.05, 0) is 73.9 Å². The molecule has 2 aromatic rings. The van der Waals surface area contributed by atoms with Gasteiger partial charge in [-0.25, -0.2) is 0 Å². The van der Waals surface area contributed by atoms with E-state index in [9.17, 15) is 0 Å². The first-order valence-electron chi connectivity index (χ1n) is 8.07. The van der Waals surface area contributed by atoms with E-state index in [0.29, 0.717) is 6.04 Å². The van der Waals surface area contributed by atoms with Gasteiger partial charge >= 0.3 is 0 Å². The van der Waals surface area contributed by atoms with Crippen molar-refractivity contribution in [3.05, 3.63) is 65.0 Å². The van der Waals surface area contributed by atoms with Gasteiger partial charge in [-0.15, -0.1) is 0 Å². The molecule has 1 aromatic heterocycles. The number of benzene rings is 1. The second-order valence-electron chi connectivity index (χ2n) is 6.02. The Kier molecular flexibility index (Phi) is 4.66. The first-order chi connectivity index (χ1) is 10.3. The Morgan fingerprint density at radius 3 is 2.81 bits per heavy atom. The fourth-order valence-electron chi connectivity index (χ4n) is 3.12. The highest BCUT2D eigenvalue weighted by atomic mass is 14.9. The van der Waals surface area contributed by atoms with Crippen LogP contribution in [-0.4, -0.2) is 11.5 Å². The largest absolute Gasteiger partial charge is 0.310 e. The first-order valence-corrected chi connectivity index (χ1v) is 8.07. The fraction of sp³-hybridized carbons (Fsp3) is 0.421. The van der Waals surface area contributed by atoms with Gasteiger partial charge < -0.3 is 5.32 Å². The van der Waals surface area contributed by atoms with E-state index >= 15 is 0 Å². The lowest BCUT2D eigenvalue weighted by molar-refractivity contribution is 0.574. The minimum Gasteiger partial charge on any atom is -0.310 e. The molecule has 1 aliphatic carbocycles. The highest BCUT2D eigenvalue weighted by Gasteiger charge is 2.12. The molecule has 0 bridgehead atoms. The molecule has 0 saturated carbocycles. The minimum atomic E-state index is 0.411. The van der Waals surface area contributed by atoms with Gasteiger partial charge in [-0.3, -0.25) is 4.98 Å². The Morgan fingerprint density at radius 1 is 1.14 bits per heavy atom. The molecule has 0 aliphatic heterocycles. The number of hydrogen-bond acceptors (Lipinski definition) is 2. The van der Waals surface area contributed by atoms with Crippen LogP contribution < -0.4 is 5.32 Å². The van der Waals surface area contributed by atoms with Crippen LogP contribution in [0, 0.1) is 0 Å². The van der Waals surface area contributed by atoms with E-state index in [2.05, 4.69) is 41.5 Å². The Hall–Kier alpha value is -1.67. The molecule has 0 saturated heterocycles. The number of pyridine rings is 1. The average molecular weight is 280 g/mol. The molecule has 2 nitrogen and oxygen atoms in total. The molecule has 1 aromatic carbocycles. The topological polar surface area (TPSA) is 24.9 Å². The lowest BCUT2D eigenvalue weighted by Crippen LogP contribution is -2.21. The highest BCUT2D eigenvalue weighted by molar-refractivity contribution is 5.35. The summed E-state index contributed by atoms with van der Waals surface area (Å²) in [6.45, 7) is 3.25. The molecule has 1 N–H and O–H groups in total. The zero-order chi connectivity index (χ0) is 14.5. The molecule has 0 spiro atoms. The Labute approximate surface area is 127 Å². The molecule has 2 heteroatoms. The van der Waals surface area contributed by atoms with Crippen LogP contribution in [-0.2, 0) is 19.3 Å². The van der Waals surface area contributed by atoms with E-state index in [0.717, 1.165) is 13.0 Å². The summed E-state index contributed by atoms with van der Waals surface area (Å²) < 4.78 is 0. The number of fused-ring (bicyclic) bond motifs is 1. The molecule has 1 heterocycles. The van der Waals surface area contributed by atoms with Crippen LogP contribution in [0.3, 0.4) is 0 Å². The SMILES string of the molecule is CC(NCCc1cccnc1)c1ccc2c(c1)CCCC2. The molecule has 1 unspecified atom stereocenters. The van der Waals surface area contributed by atoms with Crippen molar-refractivity contribution in [2.24, 2.45) is 0 Å². The van der Waals surface area contributed by atoms with Crippen LogP contribution >= 0.6 is 0 Å². The van der Waals surface area contributed by atoms with Gasteiger partial charge in [-0.2, -0.15) is 0 Å². The lowest BCUT2D eigenvalue weighted by Gasteiger charge is -2.20. The fourth-order valence-corrected chi connectivity index (χ4v) is 3.12. The molecular formula is C19H24N2. The number of nitrogens with zero attached hydrogens (tertiary/aromatic N) is 1. The summed E-state index contributed by atoms with van der Waals surface area (Å²) in [5.74, 6) is 0. The van der Waals surface area contributed by atoms with Gasteiger partial charge in [0.25, 0.3) is 0 Å². The van der Waals surface area contributed by atoms with E-state index in [4.69, 9.17) is 0 Å². The van der Waals surface area contributed by atoms with Gasteiger partial charge in [0.2, 0.25) is 0 Å². The monoisotopic (exact) mass is 280 g/mol. The zero-order valence-corrected chi connectivity index (χ0v) is 12.8. The minimum absolute atomic E-state index is 0.411. The molecule has 3 rings (SSSR count). The maximum atomic E-state index is 4.16. The second-order valence-corrected chi connectivity index (χ2v) is 6.02. The molecule has 0 radical (unpaired) electrons. The number of hydrogen-bond donors (Lipinski definition) is 1. The van der Waals surface area contributed by atoms with E-state index < -0.39 is 0 Å². The predicted octanol–water partition coefficient (Wildman–Crippen LogP) is 3.85. The van der Waals surface area contributed by atoms with Crippen molar-refractivity contribution in [2.45, 2.75) is 45.1 Å². The molecule has 0 amide bonds. The molecule has 1 atom stereocenters. The quantitative estimate of drug-likeness (QED) is 0.899. The van der Waals surface area contributed by atoms with Crippen molar-refractivity contribution < 1.29 is 0 Å². The van der Waals surface area contributed by atoms with Gasteiger partial charge in [0.05, 0.1) is 0 Å². The number of rotatable bonds is 5. The normalized spacial score (nSPS) is 15.5. The third kappa shape index (κ3) is 3.70. The van der Waals surface area contributed by atoms with E-state index in [1.54, 1.807) is 11.1 Å². The summed E-state index contributed by atoms with van der Waals surface area (Å²) in [4.78, 5) is 4.16. The van der Waals surface area contributed by atoms with Crippen LogP contribution in [0.25, 0.3) is 0 Å². The molecular weight excluding hydrogens is 256 g/mol.